The zero-order valence-corrected chi connectivity index (χ0v) is 23.1. The summed E-state index contributed by atoms with van der Waals surface area (Å²) in [5, 5.41) is 14.3. The largest absolute Gasteiger partial charge is 0.480 e. The molecule has 11 nitrogen and oxygen atoms in total. The van der Waals surface area contributed by atoms with Crippen LogP contribution in [0.3, 0.4) is 0 Å². The number of halogens is 3. The molecule has 1 aliphatic carbocycles. The predicted molar refractivity (Wildman–Crippen MR) is 150 cm³/mol. The number of imidazole rings is 1. The third kappa shape index (κ3) is 5.98. The molecule has 1 aromatic carbocycles. The first kappa shape index (κ1) is 29.5. The van der Waals surface area contributed by atoms with E-state index in [1.54, 1.807) is 24.5 Å². The number of fused-ring (bicyclic) bond motifs is 1. The Kier molecular flexibility index (Phi) is 7.54. The predicted octanol–water partition coefficient (Wildman–Crippen LogP) is 4.51. The smallest absolute Gasteiger partial charge is 0.416 e. The Morgan fingerprint density at radius 1 is 1.05 bits per heavy atom. The Bertz CT molecular complexity index is 1720. The first-order valence-corrected chi connectivity index (χ1v) is 13.4. The number of carbonyl (C=O) groups is 3. The second-order valence-corrected chi connectivity index (χ2v) is 10.9. The van der Waals surface area contributed by atoms with E-state index < -0.39 is 29.2 Å². The third-order valence-corrected chi connectivity index (χ3v) is 7.50. The Labute approximate surface area is 243 Å². The van der Waals surface area contributed by atoms with E-state index in [9.17, 15) is 32.7 Å². The van der Waals surface area contributed by atoms with Crippen molar-refractivity contribution in [3.8, 4) is 11.3 Å². The number of benzene rings is 1. The highest BCUT2D eigenvalue weighted by molar-refractivity contribution is 6.04. The molecule has 5 N–H and O–H groups in total. The van der Waals surface area contributed by atoms with Crippen molar-refractivity contribution in [1.82, 2.24) is 24.7 Å². The van der Waals surface area contributed by atoms with Crippen LogP contribution < -0.4 is 16.4 Å². The normalized spacial score (nSPS) is 17.1. The van der Waals surface area contributed by atoms with E-state index in [1.165, 1.54) is 26.0 Å². The van der Waals surface area contributed by atoms with Crippen LogP contribution in [-0.2, 0) is 15.8 Å². The number of nitrogens with two attached hydrogens (primary N) is 1. The van der Waals surface area contributed by atoms with Crippen LogP contribution in [0.2, 0.25) is 0 Å². The minimum atomic E-state index is -4.57. The van der Waals surface area contributed by atoms with Gasteiger partial charge in [-0.15, -0.1) is 0 Å². The molecular weight excluding hydrogens is 567 g/mol. The number of rotatable bonds is 7. The van der Waals surface area contributed by atoms with Gasteiger partial charge in [0.2, 0.25) is 5.91 Å². The van der Waals surface area contributed by atoms with Crippen LogP contribution in [0.25, 0.3) is 16.8 Å². The molecular formula is C29H28F3N7O4. The number of hydrogen-bond acceptors (Lipinski definition) is 7. The maximum atomic E-state index is 13.0. The maximum Gasteiger partial charge on any atom is 0.416 e. The second kappa shape index (κ2) is 11.0. The minimum absolute atomic E-state index is 0.114. The zero-order chi connectivity index (χ0) is 31.1. The molecule has 5 rings (SSSR count). The van der Waals surface area contributed by atoms with Crippen LogP contribution >= 0.6 is 0 Å². The number of nitrogens with zero attached hydrogens (tertiary/aromatic N) is 4. The molecule has 224 valence electrons. The Morgan fingerprint density at radius 3 is 2.44 bits per heavy atom. The molecule has 0 aliphatic heterocycles. The molecule has 0 radical (unpaired) electrons. The molecule has 0 bridgehead atoms. The van der Waals surface area contributed by atoms with Gasteiger partial charge in [0, 0.05) is 41.6 Å². The summed E-state index contributed by atoms with van der Waals surface area (Å²) in [7, 11) is 0. The van der Waals surface area contributed by atoms with Gasteiger partial charge in [-0.25, -0.2) is 19.7 Å². The number of nitrogen functional groups attached to an aromatic ring is 1. The molecule has 1 fully saturated rings. The summed E-state index contributed by atoms with van der Waals surface area (Å²) in [4.78, 5) is 49.9. The van der Waals surface area contributed by atoms with E-state index >= 15 is 0 Å². The lowest BCUT2D eigenvalue weighted by molar-refractivity contribution is -0.146. The van der Waals surface area contributed by atoms with Crippen molar-refractivity contribution in [3.05, 3.63) is 71.9 Å². The van der Waals surface area contributed by atoms with Gasteiger partial charge >= 0.3 is 12.1 Å². The average molecular weight is 596 g/mol. The number of pyridine rings is 1. The van der Waals surface area contributed by atoms with Gasteiger partial charge in [0.15, 0.2) is 0 Å². The van der Waals surface area contributed by atoms with E-state index in [-0.39, 0.29) is 34.9 Å². The topological polar surface area (TPSA) is 165 Å². The fraction of sp³-hybridized carbons (Fsp3) is 0.310. The van der Waals surface area contributed by atoms with Crippen LogP contribution in [0.15, 0.2) is 55.0 Å². The first-order chi connectivity index (χ1) is 20.2. The van der Waals surface area contributed by atoms with Gasteiger partial charge in [0.25, 0.3) is 5.91 Å². The van der Waals surface area contributed by atoms with Gasteiger partial charge in [0.1, 0.15) is 34.2 Å². The molecule has 4 aromatic rings. The Balaban J connectivity index is 1.38. The minimum Gasteiger partial charge on any atom is -0.480 e. The van der Waals surface area contributed by atoms with E-state index in [0.29, 0.717) is 41.9 Å². The van der Waals surface area contributed by atoms with Gasteiger partial charge in [-0.2, -0.15) is 13.2 Å². The van der Waals surface area contributed by atoms with E-state index in [4.69, 9.17) is 10.7 Å². The fourth-order valence-electron chi connectivity index (χ4n) is 5.14. The summed E-state index contributed by atoms with van der Waals surface area (Å²) in [6.45, 7) is 2.86. The molecule has 0 saturated heterocycles. The van der Waals surface area contributed by atoms with E-state index in [2.05, 4.69) is 20.6 Å². The lowest BCUT2D eigenvalue weighted by Crippen LogP contribution is -2.51. The monoisotopic (exact) mass is 595 g/mol. The van der Waals surface area contributed by atoms with Crippen LogP contribution in [0.4, 0.5) is 24.8 Å². The van der Waals surface area contributed by atoms with Crippen molar-refractivity contribution < 1.29 is 32.7 Å². The van der Waals surface area contributed by atoms with Crippen molar-refractivity contribution in [2.75, 3.05) is 11.1 Å². The van der Waals surface area contributed by atoms with Crippen LogP contribution in [0.1, 0.15) is 60.8 Å². The number of amides is 2. The maximum absolute atomic E-state index is 13.0. The average Bonchev–Trinajstić information content (AvgIpc) is 3.59. The zero-order valence-electron chi connectivity index (χ0n) is 23.1. The molecule has 3 heterocycles. The van der Waals surface area contributed by atoms with Crippen molar-refractivity contribution in [3.63, 3.8) is 0 Å². The number of anilines is 2. The number of alkyl halides is 3. The Morgan fingerprint density at radius 2 is 1.77 bits per heavy atom. The van der Waals surface area contributed by atoms with Crippen molar-refractivity contribution in [2.24, 2.45) is 5.92 Å². The number of aromatic nitrogens is 4. The van der Waals surface area contributed by atoms with Crippen LogP contribution in [-0.4, -0.2) is 47.8 Å². The quantitative estimate of drug-likeness (QED) is 0.242. The summed E-state index contributed by atoms with van der Waals surface area (Å²) in [6, 6.07) is 7.88. The fourth-order valence-corrected chi connectivity index (χ4v) is 5.14. The molecule has 2 amide bonds. The van der Waals surface area contributed by atoms with Gasteiger partial charge in [-0.05, 0) is 57.4 Å². The molecule has 0 unspecified atom stereocenters. The number of aliphatic carboxylic acids is 1. The second-order valence-electron chi connectivity index (χ2n) is 10.9. The lowest BCUT2D eigenvalue weighted by Gasteiger charge is -2.23. The van der Waals surface area contributed by atoms with Crippen molar-refractivity contribution in [1.29, 1.82) is 0 Å². The van der Waals surface area contributed by atoms with Crippen LogP contribution in [0.5, 0.6) is 0 Å². The summed E-state index contributed by atoms with van der Waals surface area (Å²) in [6.07, 6.45) is 1.33. The third-order valence-electron chi connectivity index (χ3n) is 7.50. The highest BCUT2D eigenvalue weighted by Crippen LogP contribution is 2.41. The molecule has 14 heteroatoms. The lowest BCUT2D eigenvalue weighted by atomic mass is 10.0. The SMILES string of the molecule is CC(C)(NC(=O)[C@@H]1CC[C@H](c2nc(-c3ccc(C(=O)Nc4cc(C(F)(F)F)ccn4)cc3)c3c(N)nccn23)C1)C(=O)O. The molecule has 1 aliphatic rings. The summed E-state index contributed by atoms with van der Waals surface area (Å²) >= 11 is 0. The van der Waals surface area contributed by atoms with Crippen molar-refractivity contribution in [2.45, 2.75) is 50.7 Å². The number of hydrogen-bond donors (Lipinski definition) is 4. The molecule has 2 atom stereocenters. The van der Waals surface area contributed by atoms with Gasteiger partial charge in [0.05, 0.1) is 5.56 Å². The number of carboxylic acid groups (broad SMARTS) is 1. The standard InChI is InChI=1S/C29H28F3N7O4/c1-28(2,27(42)43)38-26(41)18-8-7-17(13-18)24-37-21(22-23(33)35-11-12-39(22)24)15-3-5-16(6-4-15)25(40)36-20-14-19(9-10-34-20)29(30,31)32/h3-6,9-12,14,17-18H,7-8,13H2,1-2H3,(H2,33,35)(H,38,41)(H,42,43)(H,34,36,40)/t17-,18+/m0/s1. The van der Waals surface area contributed by atoms with Gasteiger partial charge in [-0.1, -0.05) is 12.1 Å². The number of nitrogens with one attached hydrogen (secondary N) is 2. The number of carbonyl (C=O) groups excluding carboxylic acids is 2. The van der Waals surface area contributed by atoms with E-state index in [0.717, 1.165) is 18.3 Å². The highest BCUT2D eigenvalue weighted by Gasteiger charge is 2.37. The summed E-state index contributed by atoms with van der Waals surface area (Å²) < 4.78 is 40.9. The van der Waals surface area contributed by atoms with Crippen molar-refractivity contribution >= 4 is 34.9 Å². The van der Waals surface area contributed by atoms with E-state index in [1.807, 2.05) is 4.40 Å². The molecule has 0 spiro atoms. The van der Waals surface area contributed by atoms with Gasteiger partial charge in [-0.3, -0.25) is 14.0 Å². The molecule has 1 saturated carbocycles. The molecule has 43 heavy (non-hydrogen) atoms. The summed E-state index contributed by atoms with van der Waals surface area (Å²) in [5.74, 6) is -1.93. The highest BCUT2D eigenvalue weighted by atomic mass is 19.4. The Hall–Kier alpha value is -5.01. The van der Waals surface area contributed by atoms with Gasteiger partial charge < -0.3 is 21.5 Å². The number of carboxylic acids is 1. The molecule has 3 aromatic heterocycles. The first-order valence-electron chi connectivity index (χ1n) is 13.4. The summed E-state index contributed by atoms with van der Waals surface area (Å²) in [5.41, 5.74) is 5.78. The van der Waals surface area contributed by atoms with Crippen LogP contribution in [0, 0.1) is 5.92 Å².